The lowest BCUT2D eigenvalue weighted by atomic mass is 9.94. The second-order valence-electron chi connectivity index (χ2n) is 18.7. The van der Waals surface area contributed by atoms with Crippen LogP contribution in [0.1, 0.15) is 86.1 Å². The van der Waals surface area contributed by atoms with E-state index in [0.29, 0.717) is 12.0 Å². The van der Waals surface area contributed by atoms with Gasteiger partial charge in [0.2, 0.25) is 35.4 Å². The number of methoxy groups -OCH3 is 1. The number of benzene rings is 1. The van der Waals surface area contributed by atoms with Crippen molar-refractivity contribution >= 4 is 59.2 Å². The number of allylic oxidation sites excluding steroid dienone is 2. The zero-order valence-corrected chi connectivity index (χ0v) is 43.1. The van der Waals surface area contributed by atoms with Gasteiger partial charge in [0.15, 0.2) is 5.96 Å². The molecule has 398 valence electrons. The quantitative estimate of drug-likeness (QED) is 0.0389. The van der Waals surface area contributed by atoms with E-state index in [0.717, 1.165) is 15.4 Å². The fourth-order valence-electron chi connectivity index (χ4n) is 7.80. The molecule has 1 fully saturated rings. The SMILES string of the molecule is C=C1C(=O)N[C@H](C)C(=O)N(C)[C@@H](CC(C)C)C(=O)N[C@@H](C(=O)O)[C@H](C)C(=O)N[C@@H](CCCN=C(N)N)C(=O)N[C@@H](/C=C/C(C)=C/[C@H](C)[C@H](Cc2ccccc2)OC)[C@H](C)C(=O)N[C@@H](C(=O)O)CCC(=O)N1C. The van der Waals surface area contributed by atoms with Crippen LogP contribution in [0.4, 0.5) is 0 Å². The van der Waals surface area contributed by atoms with Gasteiger partial charge in [-0.1, -0.05) is 95.3 Å². The molecule has 2 rings (SSSR count). The molecule has 1 aromatic carbocycles. The number of guanidine groups is 1. The molecule has 0 unspecified atom stereocenters. The number of aliphatic imine (C=N–C) groups is 1. The van der Waals surface area contributed by atoms with Crippen LogP contribution in [-0.4, -0.2) is 149 Å². The smallest absolute Gasteiger partial charge is 0.327 e. The third-order valence-electron chi connectivity index (χ3n) is 12.4. The summed E-state index contributed by atoms with van der Waals surface area (Å²) in [5.41, 5.74) is 12.4. The van der Waals surface area contributed by atoms with Crippen LogP contribution in [0.15, 0.2) is 71.4 Å². The van der Waals surface area contributed by atoms with Gasteiger partial charge in [-0.25, -0.2) is 9.59 Å². The summed E-state index contributed by atoms with van der Waals surface area (Å²) in [5, 5.41) is 33.2. The Morgan fingerprint density at radius 3 is 2.07 bits per heavy atom. The molecule has 22 heteroatoms. The highest BCUT2D eigenvalue weighted by molar-refractivity contribution is 6.00. The van der Waals surface area contributed by atoms with E-state index in [1.165, 1.54) is 40.9 Å². The van der Waals surface area contributed by atoms with Crippen LogP contribution in [-0.2, 0) is 54.3 Å². The number of nitrogens with two attached hydrogens (primary N) is 2. The van der Waals surface area contributed by atoms with E-state index in [1.54, 1.807) is 34.0 Å². The minimum atomic E-state index is -1.88. The number of ether oxygens (including phenoxy) is 1. The Labute approximate surface area is 421 Å². The van der Waals surface area contributed by atoms with Gasteiger partial charge in [0, 0.05) is 40.1 Å². The van der Waals surface area contributed by atoms with Crippen molar-refractivity contribution in [2.24, 2.45) is 40.1 Å². The van der Waals surface area contributed by atoms with Crippen molar-refractivity contribution in [3.05, 3.63) is 72.0 Å². The third-order valence-corrected chi connectivity index (χ3v) is 12.4. The van der Waals surface area contributed by atoms with Gasteiger partial charge >= 0.3 is 11.9 Å². The standard InChI is InChI=1S/C50H76N10O12/c1-27(2)24-38-46(66)58-41(49(70)71)31(6)43(63)56-36(18-15-23-53-50(51)52)45(65)55-35(20-19-28(3)25-29(4)39(72-11)26-34-16-13-12-14-17-34)30(5)42(62)57-37(48(68)69)21-22-40(61)59(9)33(8)44(64)54-32(7)47(67)60(38)10/h12-14,16-17,19-20,25,27,29-32,35-39,41H,8,15,18,21-24,26H2,1-7,9-11H3,(H,54,64)(H,55,65)(H,56,63)(H,57,62)(H,58,66)(H,68,69)(H,70,71)(H4,51,52,53)/b20-19+,28-25+/t29-,30-,31-,32+,35-,36-,37+,38-,39-,41+/m0/s1. The molecule has 7 amide bonds. The number of nitrogens with zero attached hydrogens (tertiary/aromatic N) is 3. The number of carbonyl (C=O) groups excluding carboxylic acids is 7. The van der Waals surface area contributed by atoms with Gasteiger partial charge < -0.3 is 62.8 Å². The van der Waals surface area contributed by atoms with E-state index in [4.69, 9.17) is 16.2 Å². The van der Waals surface area contributed by atoms with Gasteiger partial charge in [0.1, 0.15) is 35.9 Å². The average Bonchev–Trinajstić information content (AvgIpc) is 3.32. The van der Waals surface area contributed by atoms with Gasteiger partial charge in [-0.05, 0) is 57.4 Å². The fraction of sp³-hybridized carbons (Fsp3) is 0.560. The number of carboxylic acid groups (broad SMARTS) is 2. The highest BCUT2D eigenvalue weighted by atomic mass is 16.5. The second kappa shape index (κ2) is 29.3. The zero-order chi connectivity index (χ0) is 54.6. The molecule has 0 bridgehead atoms. The van der Waals surface area contributed by atoms with Crippen LogP contribution in [0.25, 0.3) is 0 Å². The molecule has 0 radical (unpaired) electrons. The van der Waals surface area contributed by atoms with Gasteiger partial charge in [0.05, 0.1) is 24.0 Å². The van der Waals surface area contributed by atoms with Gasteiger partial charge in [-0.2, -0.15) is 0 Å². The van der Waals surface area contributed by atoms with Gasteiger partial charge in [0.25, 0.3) is 5.91 Å². The molecular formula is C50H76N10O12. The summed E-state index contributed by atoms with van der Waals surface area (Å²) in [6.07, 6.45) is 4.68. The van der Waals surface area contributed by atoms with Crippen LogP contribution in [0.5, 0.6) is 0 Å². The molecule has 0 saturated carbocycles. The summed E-state index contributed by atoms with van der Waals surface area (Å²) in [4.78, 5) is 128. The van der Waals surface area contributed by atoms with Crippen molar-refractivity contribution in [2.45, 2.75) is 129 Å². The number of carboxylic acids is 2. The number of aliphatic carboxylic acids is 2. The Hall–Kier alpha value is -7.10. The first kappa shape index (κ1) is 61.0. The van der Waals surface area contributed by atoms with Crippen LogP contribution in [0.3, 0.4) is 0 Å². The molecule has 1 aromatic rings. The average molecular weight is 1010 g/mol. The van der Waals surface area contributed by atoms with E-state index in [9.17, 15) is 53.4 Å². The molecule has 1 saturated heterocycles. The number of hydrogen-bond donors (Lipinski definition) is 9. The number of amides is 7. The highest BCUT2D eigenvalue weighted by Crippen LogP contribution is 2.19. The van der Waals surface area contributed by atoms with Gasteiger partial charge in [-0.3, -0.25) is 38.6 Å². The van der Waals surface area contributed by atoms with Gasteiger partial charge in [-0.15, -0.1) is 0 Å². The topological polar surface area (TPSA) is 334 Å². The Bertz CT molecular complexity index is 2190. The van der Waals surface area contributed by atoms with E-state index < -0.39 is 120 Å². The molecule has 72 heavy (non-hydrogen) atoms. The van der Waals surface area contributed by atoms with Crippen molar-refractivity contribution in [1.82, 2.24) is 36.4 Å². The maximum Gasteiger partial charge on any atom is 0.327 e. The van der Waals surface area contributed by atoms with Crippen LogP contribution < -0.4 is 38.1 Å². The molecule has 0 aliphatic carbocycles. The first-order valence-electron chi connectivity index (χ1n) is 23.9. The first-order chi connectivity index (χ1) is 33.7. The monoisotopic (exact) mass is 1010 g/mol. The minimum Gasteiger partial charge on any atom is -0.480 e. The van der Waals surface area contributed by atoms with E-state index in [2.05, 4.69) is 38.2 Å². The predicted octanol–water partition coefficient (Wildman–Crippen LogP) is 0.961. The van der Waals surface area contributed by atoms with Crippen molar-refractivity contribution in [1.29, 1.82) is 0 Å². The van der Waals surface area contributed by atoms with E-state index in [1.807, 2.05) is 43.3 Å². The second-order valence-corrected chi connectivity index (χ2v) is 18.7. The van der Waals surface area contributed by atoms with Crippen molar-refractivity contribution < 1.29 is 58.1 Å². The Morgan fingerprint density at radius 1 is 0.875 bits per heavy atom. The Balaban J connectivity index is 2.76. The first-order valence-corrected chi connectivity index (χ1v) is 23.9. The molecule has 1 aliphatic heterocycles. The maximum absolute atomic E-state index is 14.4. The lowest BCUT2D eigenvalue weighted by Crippen LogP contribution is -2.59. The number of rotatable bonds is 15. The molecule has 22 nitrogen and oxygen atoms in total. The summed E-state index contributed by atoms with van der Waals surface area (Å²) in [6, 6.07) is 1.07. The van der Waals surface area contributed by atoms with Crippen molar-refractivity contribution in [3.8, 4) is 0 Å². The maximum atomic E-state index is 14.4. The zero-order valence-electron chi connectivity index (χ0n) is 43.1. The molecule has 11 N–H and O–H groups in total. The van der Waals surface area contributed by atoms with Crippen LogP contribution in [0.2, 0.25) is 0 Å². The van der Waals surface area contributed by atoms with Crippen LogP contribution >= 0.6 is 0 Å². The lowest BCUT2D eigenvalue weighted by Gasteiger charge is -2.32. The minimum absolute atomic E-state index is 0.0250. The molecular weight excluding hydrogens is 933 g/mol. The largest absolute Gasteiger partial charge is 0.480 e. The summed E-state index contributed by atoms with van der Waals surface area (Å²) in [6.45, 7) is 15.0. The molecule has 0 aromatic heterocycles. The normalized spacial score (nSPS) is 25.3. The fourth-order valence-corrected chi connectivity index (χ4v) is 7.80. The number of nitrogens with one attached hydrogen (secondary N) is 5. The number of likely N-dealkylation sites (N-methyl/N-ethyl adjacent to an activating group) is 2. The number of hydrogen-bond acceptors (Lipinski definition) is 11. The van der Waals surface area contributed by atoms with E-state index in [-0.39, 0.29) is 49.7 Å². The Morgan fingerprint density at radius 2 is 1.50 bits per heavy atom. The Kier molecular flexibility index (Phi) is 24.8. The summed E-state index contributed by atoms with van der Waals surface area (Å²) in [7, 11) is 4.12. The highest BCUT2D eigenvalue weighted by Gasteiger charge is 2.39. The molecule has 1 aliphatic rings. The van der Waals surface area contributed by atoms with Crippen molar-refractivity contribution in [3.63, 3.8) is 0 Å². The summed E-state index contributed by atoms with van der Waals surface area (Å²) >= 11 is 0. The molecule has 10 atom stereocenters. The molecule has 0 spiro atoms. The van der Waals surface area contributed by atoms with E-state index >= 15 is 0 Å². The van der Waals surface area contributed by atoms with Crippen molar-refractivity contribution in [2.75, 3.05) is 27.7 Å². The lowest BCUT2D eigenvalue weighted by molar-refractivity contribution is -0.148. The predicted molar refractivity (Wildman–Crippen MR) is 269 cm³/mol. The molecule has 1 heterocycles. The number of carbonyl (C=O) groups is 9. The summed E-state index contributed by atoms with van der Waals surface area (Å²) in [5.74, 6) is -12.4. The summed E-state index contributed by atoms with van der Waals surface area (Å²) < 4.78 is 5.82. The van der Waals surface area contributed by atoms with Crippen LogP contribution in [0, 0.1) is 23.7 Å². The third kappa shape index (κ3) is 19.2.